The summed E-state index contributed by atoms with van der Waals surface area (Å²) in [6, 6.07) is -0.527. The Morgan fingerprint density at radius 2 is 1.38 bits per heavy atom. The normalized spacial score (nSPS) is 15.3. The van der Waals surface area contributed by atoms with Gasteiger partial charge in [-0.25, -0.2) is 4.79 Å². The highest BCUT2D eigenvalue weighted by Crippen LogP contribution is 2.26. The summed E-state index contributed by atoms with van der Waals surface area (Å²) in [5.74, 6) is -0.187. The van der Waals surface area contributed by atoms with Crippen molar-refractivity contribution in [2.24, 2.45) is 5.92 Å². The van der Waals surface area contributed by atoms with E-state index in [2.05, 4.69) is 12.2 Å². The average Bonchev–Trinajstić information content (AvgIpc) is 2.57. The minimum atomic E-state index is -0.527. The highest BCUT2D eigenvalue weighted by Gasteiger charge is 2.27. The van der Waals surface area contributed by atoms with Gasteiger partial charge in [0.1, 0.15) is 6.04 Å². The van der Waals surface area contributed by atoms with Gasteiger partial charge >= 0.3 is 5.97 Å². The van der Waals surface area contributed by atoms with Crippen LogP contribution in [-0.2, 0) is 14.3 Å². The lowest BCUT2D eigenvalue weighted by Crippen LogP contribution is -2.44. The highest BCUT2D eigenvalue weighted by atomic mass is 16.5. The molecule has 0 radical (unpaired) electrons. The summed E-state index contributed by atoms with van der Waals surface area (Å²) in [5, 5.41) is 2.76. The Morgan fingerprint density at radius 1 is 0.885 bits per heavy atom. The highest BCUT2D eigenvalue weighted by molar-refractivity contribution is 5.85. The van der Waals surface area contributed by atoms with Gasteiger partial charge in [0.05, 0.1) is 6.61 Å². The average molecular weight is 368 g/mol. The van der Waals surface area contributed by atoms with Crippen LogP contribution in [0.15, 0.2) is 0 Å². The Morgan fingerprint density at radius 3 is 1.85 bits per heavy atom. The Hall–Kier alpha value is -1.06. The fraction of sp³-hybridized carbons (Fsp3) is 0.909. The van der Waals surface area contributed by atoms with Gasteiger partial charge in [-0.2, -0.15) is 0 Å². The third-order valence-electron chi connectivity index (χ3n) is 5.43. The van der Waals surface area contributed by atoms with Crippen LogP contribution in [-0.4, -0.2) is 24.5 Å². The van der Waals surface area contributed by atoms with Crippen molar-refractivity contribution in [3.8, 4) is 0 Å². The lowest BCUT2D eigenvalue weighted by Gasteiger charge is -2.25. The fourth-order valence-electron chi connectivity index (χ4n) is 3.30. The largest absolute Gasteiger partial charge is 0.464 e. The van der Waals surface area contributed by atoms with E-state index in [0.29, 0.717) is 6.61 Å². The molecule has 1 N–H and O–H groups in total. The fourth-order valence-corrected chi connectivity index (χ4v) is 3.30. The van der Waals surface area contributed by atoms with E-state index in [4.69, 9.17) is 4.74 Å². The van der Waals surface area contributed by atoms with Crippen LogP contribution in [0.25, 0.3) is 0 Å². The molecule has 0 aliphatic heterocycles. The van der Waals surface area contributed by atoms with Gasteiger partial charge in [-0.3, -0.25) is 4.79 Å². The lowest BCUT2D eigenvalue weighted by molar-refractivity contribution is -0.148. The number of rotatable bonds is 16. The van der Waals surface area contributed by atoms with Crippen molar-refractivity contribution in [3.63, 3.8) is 0 Å². The molecule has 0 aromatic rings. The number of amides is 1. The van der Waals surface area contributed by atoms with Crippen LogP contribution in [0.2, 0.25) is 0 Å². The number of carbonyl (C=O) groups excluding carboxylic acids is 2. The molecule has 152 valence electrons. The summed E-state index contributed by atoms with van der Waals surface area (Å²) in [4.78, 5) is 23.7. The first-order chi connectivity index (χ1) is 12.6. The van der Waals surface area contributed by atoms with Crippen LogP contribution < -0.4 is 5.32 Å². The van der Waals surface area contributed by atoms with Crippen molar-refractivity contribution in [2.75, 3.05) is 6.61 Å². The van der Waals surface area contributed by atoms with E-state index < -0.39 is 6.04 Å². The SMILES string of the molecule is CCCCCCCCCCCCCCOC(=O)C(C)NC(=O)C1CCC1. The molecule has 1 aliphatic rings. The van der Waals surface area contributed by atoms with E-state index in [1.807, 2.05) is 0 Å². The third-order valence-corrected chi connectivity index (χ3v) is 5.43. The van der Waals surface area contributed by atoms with Crippen LogP contribution in [0, 0.1) is 5.92 Å². The molecule has 0 heterocycles. The molecule has 26 heavy (non-hydrogen) atoms. The number of hydrogen-bond acceptors (Lipinski definition) is 3. The van der Waals surface area contributed by atoms with Crippen molar-refractivity contribution in [2.45, 2.75) is 116 Å². The maximum Gasteiger partial charge on any atom is 0.328 e. The molecule has 1 unspecified atom stereocenters. The van der Waals surface area contributed by atoms with E-state index in [9.17, 15) is 9.59 Å². The molecule has 0 spiro atoms. The van der Waals surface area contributed by atoms with Gasteiger partial charge in [0.15, 0.2) is 0 Å². The number of esters is 1. The van der Waals surface area contributed by atoms with Crippen molar-refractivity contribution >= 4 is 11.9 Å². The molecule has 0 aromatic carbocycles. The van der Waals surface area contributed by atoms with E-state index in [1.54, 1.807) is 6.92 Å². The van der Waals surface area contributed by atoms with Crippen LogP contribution in [0.5, 0.6) is 0 Å². The van der Waals surface area contributed by atoms with E-state index >= 15 is 0 Å². The van der Waals surface area contributed by atoms with Gasteiger partial charge in [-0.05, 0) is 26.2 Å². The van der Waals surface area contributed by atoms with Crippen molar-refractivity contribution < 1.29 is 14.3 Å². The van der Waals surface area contributed by atoms with Crippen molar-refractivity contribution in [3.05, 3.63) is 0 Å². The van der Waals surface area contributed by atoms with Gasteiger partial charge in [-0.15, -0.1) is 0 Å². The van der Waals surface area contributed by atoms with Crippen LogP contribution >= 0.6 is 0 Å². The van der Waals surface area contributed by atoms with Gasteiger partial charge < -0.3 is 10.1 Å². The number of ether oxygens (including phenoxy) is 1. The predicted octanol–water partition coefficient (Wildman–Crippen LogP) is 5.54. The summed E-state index contributed by atoms with van der Waals surface area (Å²) < 4.78 is 5.27. The summed E-state index contributed by atoms with van der Waals surface area (Å²) in [6.07, 6.45) is 18.6. The van der Waals surface area contributed by atoms with Crippen LogP contribution in [0.4, 0.5) is 0 Å². The first-order valence-corrected chi connectivity index (χ1v) is 11.1. The number of unbranched alkanes of at least 4 members (excludes halogenated alkanes) is 11. The number of nitrogens with one attached hydrogen (secondary N) is 1. The van der Waals surface area contributed by atoms with Crippen molar-refractivity contribution in [1.82, 2.24) is 5.32 Å². The second-order valence-electron chi connectivity index (χ2n) is 7.91. The smallest absolute Gasteiger partial charge is 0.328 e. The Labute approximate surface area is 160 Å². The lowest BCUT2D eigenvalue weighted by atomic mass is 9.84. The summed E-state index contributed by atoms with van der Waals surface area (Å²) in [7, 11) is 0. The Balaban J connectivity index is 1.84. The molecule has 1 atom stereocenters. The monoisotopic (exact) mass is 367 g/mol. The maximum absolute atomic E-state index is 11.9. The molecule has 4 nitrogen and oxygen atoms in total. The molecule has 1 saturated carbocycles. The topological polar surface area (TPSA) is 55.4 Å². The van der Waals surface area contributed by atoms with Crippen LogP contribution in [0.1, 0.15) is 110 Å². The van der Waals surface area contributed by atoms with Gasteiger partial charge in [0, 0.05) is 5.92 Å². The quantitative estimate of drug-likeness (QED) is 0.288. The van der Waals surface area contributed by atoms with Gasteiger partial charge in [0.2, 0.25) is 5.91 Å². The molecule has 0 saturated heterocycles. The first kappa shape index (κ1) is 23.0. The van der Waals surface area contributed by atoms with E-state index in [1.165, 1.54) is 64.2 Å². The number of carbonyl (C=O) groups is 2. The second-order valence-corrected chi connectivity index (χ2v) is 7.91. The molecular weight excluding hydrogens is 326 g/mol. The second kappa shape index (κ2) is 15.0. The van der Waals surface area contributed by atoms with Gasteiger partial charge in [0.25, 0.3) is 0 Å². The molecule has 1 amide bonds. The maximum atomic E-state index is 11.9. The molecule has 1 aliphatic carbocycles. The zero-order valence-electron chi connectivity index (χ0n) is 17.2. The zero-order chi connectivity index (χ0) is 19.0. The van der Waals surface area contributed by atoms with Gasteiger partial charge in [-0.1, -0.05) is 84.0 Å². The molecule has 1 fully saturated rings. The zero-order valence-corrected chi connectivity index (χ0v) is 17.2. The van der Waals surface area contributed by atoms with Crippen molar-refractivity contribution in [1.29, 1.82) is 0 Å². The summed E-state index contributed by atoms with van der Waals surface area (Å²) in [6.45, 7) is 4.44. The predicted molar refractivity (Wildman–Crippen MR) is 107 cm³/mol. The minimum absolute atomic E-state index is 0.00561. The Bertz CT molecular complexity index is 380. The molecule has 1 rings (SSSR count). The molecule has 4 heteroatoms. The molecule has 0 aromatic heterocycles. The summed E-state index contributed by atoms with van der Waals surface area (Å²) >= 11 is 0. The summed E-state index contributed by atoms with van der Waals surface area (Å²) in [5.41, 5.74) is 0. The minimum Gasteiger partial charge on any atom is -0.464 e. The Kier molecular flexibility index (Phi) is 13.3. The van der Waals surface area contributed by atoms with Crippen LogP contribution in [0.3, 0.4) is 0 Å². The molecule has 0 bridgehead atoms. The number of hydrogen-bond donors (Lipinski definition) is 1. The molecular formula is C22H41NO3. The van der Waals surface area contributed by atoms with E-state index in [-0.39, 0.29) is 17.8 Å². The standard InChI is InChI=1S/C22H41NO3/c1-3-4-5-6-7-8-9-10-11-12-13-14-18-26-22(25)19(2)23-21(24)20-16-15-17-20/h19-20H,3-18H2,1-2H3,(H,23,24). The third kappa shape index (κ3) is 10.8. The first-order valence-electron chi connectivity index (χ1n) is 11.1. The van der Waals surface area contributed by atoms with E-state index in [0.717, 1.165) is 32.1 Å².